The summed E-state index contributed by atoms with van der Waals surface area (Å²) in [5, 5.41) is 3.38. The van der Waals surface area contributed by atoms with E-state index in [1.807, 2.05) is 36.4 Å². The van der Waals surface area contributed by atoms with Gasteiger partial charge in [-0.05, 0) is 17.7 Å². The number of hydrogen-bond donors (Lipinski definition) is 1. The molecule has 0 saturated heterocycles. The first-order chi connectivity index (χ1) is 7.92. The molecule has 1 aromatic carbocycles. The van der Waals surface area contributed by atoms with Gasteiger partial charge in [0.25, 0.3) is 0 Å². The SMILES string of the molecule is C=CCNC(c1ccccc1)c1ccco1. The minimum absolute atomic E-state index is 0.0919. The van der Waals surface area contributed by atoms with Gasteiger partial charge in [-0.3, -0.25) is 0 Å². The van der Waals surface area contributed by atoms with E-state index in [1.54, 1.807) is 6.26 Å². The third kappa shape index (κ3) is 2.41. The second-order valence-corrected chi connectivity index (χ2v) is 3.56. The van der Waals surface area contributed by atoms with Crippen LogP contribution in [0.5, 0.6) is 0 Å². The summed E-state index contributed by atoms with van der Waals surface area (Å²) < 4.78 is 5.45. The Morgan fingerprint density at radius 2 is 2.00 bits per heavy atom. The van der Waals surface area contributed by atoms with Crippen LogP contribution in [0.2, 0.25) is 0 Å². The quantitative estimate of drug-likeness (QED) is 0.772. The zero-order valence-electron chi connectivity index (χ0n) is 9.10. The van der Waals surface area contributed by atoms with Gasteiger partial charge in [0.15, 0.2) is 0 Å². The first-order valence-electron chi connectivity index (χ1n) is 5.34. The molecule has 2 aromatic rings. The van der Waals surface area contributed by atoms with Gasteiger partial charge in [0.1, 0.15) is 5.76 Å². The van der Waals surface area contributed by atoms with Gasteiger partial charge >= 0.3 is 0 Å². The number of furan rings is 1. The first kappa shape index (κ1) is 10.7. The Bertz CT molecular complexity index is 419. The fourth-order valence-electron chi connectivity index (χ4n) is 1.68. The standard InChI is InChI=1S/C14H15NO/c1-2-10-15-14(13-9-6-11-16-13)12-7-4-3-5-8-12/h2-9,11,14-15H,1,10H2. The molecule has 1 N–H and O–H groups in total. The smallest absolute Gasteiger partial charge is 0.125 e. The van der Waals surface area contributed by atoms with Crippen LogP contribution in [-0.4, -0.2) is 6.54 Å². The molecule has 2 heteroatoms. The van der Waals surface area contributed by atoms with E-state index in [0.29, 0.717) is 0 Å². The lowest BCUT2D eigenvalue weighted by molar-refractivity contribution is 0.456. The molecule has 1 heterocycles. The van der Waals surface area contributed by atoms with Crippen LogP contribution >= 0.6 is 0 Å². The van der Waals surface area contributed by atoms with Crippen molar-refractivity contribution in [1.29, 1.82) is 0 Å². The van der Waals surface area contributed by atoms with E-state index in [0.717, 1.165) is 12.3 Å². The van der Waals surface area contributed by atoms with E-state index in [1.165, 1.54) is 5.56 Å². The van der Waals surface area contributed by atoms with Gasteiger partial charge in [0.2, 0.25) is 0 Å². The van der Waals surface area contributed by atoms with Crippen molar-refractivity contribution >= 4 is 0 Å². The van der Waals surface area contributed by atoms with Crippen molar-refractivity contribution in [2.45, 2.75) is 6.04 Å². The number of nitrogens with one attached hydrogen (secondary N) is 1. The van der Waals surface area contributed by atoms with Crippen molar-refractivity contribution in [3.8, 4) is 0 Å². The molecule has 0 aliphatic heterocycles. The molecule has 0 spiro atoms. The first-order valence-corrected chi connectivity index (χ1v) is 5.34. The Balaban J connectivity index is 2.25. The maximum Gasteiger partial charge on any atom is 0.125 e. The molecule has 16 heavy (non-hydrogen) atoms. The molecular formula is C14H15NO. The molecule has 1 unspecified atom stereocenters. The van der Waals surface area contributed by atoms with Crippen LogP contribution in [-0.2, 0) is 0 Å². The Morgan fingerprint density at radius 3 is 2.62 bits per heavy atom. The molecule has 0 bridgehead atoms. The molecule has 0 saturated carbocycles. The van der Waals surface area contributed by atoms with Gasteiger partial charge in [-0.2, -0.15) is 0 Å². The Hall–Kier alpha value is -1.80. The fraction of sp³-hybridized carbons (Fsp3) is 0.143. The highest BCUT2D eigenvalue weighted by molar-refractivity contribution is 5.26. The zero-order valence-corrected chi connectivity index (χ0v) is 9.10. The Labute approximate surface area is 95.6 Å². The largest absolute Gasteiger partial charge is 0.467 e. The fourth-order valence-corrected chi connectivity index (χ4v) is 1.68. The highest BCUT2D eigenvalue weighted by Crippen LogP contribution is 2.21. The third-order valence-electron chi connectivity index (χ3n) is 2.43. The average molecular weight is 213 g/mol. The summed E-state index contributed by atoms with van der Waals surface area (Å²) in [6.45, 7) is 4.46. The summed E-state index contributed by atoms with van der Waals surface area (Å²) >= 11 is 0. The predicted octanol–water partition coefficient (Wildman–Crippen LogP) is 3.14. The lowest BCUT2D eigenvalue weighted by Crippen LogP contribution is -2.21. The van der Waals surface area contributed by atoms with Crippen molar-refractivity contribution in [2.24, 2.45) is 0 Å². The summed E-state index contributed by atoms with van der Waals surface area (Å²) in [6.07, 6.45) is 3.54. The molecule has 0 amide bonds. The minimum Gasteiger partial charge on any atom is -0.467 e. The van der Waals surface area contributed by atoms with E-state index < -0.39 is 0 Å². The number of rotatable bonds is 5. The van der Waals surface area contributed by atoms with Crippen LogP contribution in [0.3, 0.4) is 0 Å². The van der Waals surface area contributed by atoms with Crippen LogP contribution in [0, 0.1) is 0 Å². The van der Waals surface area contributed by atoms with E-state index in [2.05, 4.69) is 24.0 Å². The molecular weight excluding hydrogens is 198 g/mol. The minimum atomic E-state index is 0.0919. The number of benzene rings is 1. The summed E-state index contributed by atoms with van der Waals surface area (Å²) in [5.41, 5.74) is 1.19. The van der Waals surface area contributed by atoms with Crippen molar-refractivity contribution in [2.75, 3.05) is 6.54 Å². The molecule has 0 radical (unpaired) electrons. The van der Waals surface area contributed by atoms with Gasteiger partial charge in [0.05, 0.1) is 12.3 Å². The summed E-state index contributed by atoms with van der Waals surface area (Å²) in [7, 11) is 0. The van der Waals surface area contributed by atoms with Crippen molar-refractivity contribution in [3.05, 3.63) is 72.7 Å². The summed E-state index contributed by atoms with van der Waals surface area (Å²) in [4.78, 5) is 0. The van der Waals surface area contributed by atoms with Crippen LogP contribution in [0.4, 0.5) is 0 Å². The van der Waals surface area contributed by atoms with Crippen LogP contribution in [0.25, 0.3) is 0 Å². The maximum absolute atomic E-state index is 5.45. The second-order valence-electron chi connectivity index (χ2n) is 3.56. The number of hydrogen-bond acceptors (Lipinski definition) is 2. The Kier molecular flexibility index (Phi) is 3.57. The third-order valence-corrected chi connectivity index (χ3v) is 2.43. The van der Waals surface area contributed by atoms with Gasteiger partial charge in [-0.15, -0.1) is 6.58 Å². The van der Waals surface area contributed by atoms with E-state index >= 15 is 0 Å². The van der Waals surface area contributed by atoms with E-state index in [-0.39, 0.29) is 6.04 Å². The van der Waals surface area contributed by atoms with E-state index in [4.69, 9.17) is 4.42 Å². The van der Waals surface area contributed by atoms with Gasteiger partial charge in [0, 0.05) is 6.54 Å². The summed E-state index contributed by atoms with van der Waals surface area (Å²) in [6, 6.07) is 14.2. The molecule has 1 atom stereocenters. The topological polar surface area (TPSA) is 25.2 Å². The molecule has 2 rings (SSSR count). The highest BCUT2D eigenvalue weighted by Gasteiger charge is 2.14. The zero-order chi connectivity index (χ0) is 11.2. The molecule has 1 aromatic heterocycles. The van der Waals surface area contributed by atoms with Crippen LogP contribution in [0.1, 0.15) is 17.4 Å². The van der Waals surface area contributed by atoms with Crippen molar-refractivity contribution in [1.82, 2.24) is 5.32 Å². The molecule has 0 aliphatic carbocycles. The molecule has 82 valence electrons. The molecule has 0 fully saturated rings. The van der Waals surface area contributed by atoms with Crippen LogP contribution < -0.4 is 5.32 Å². The van der Waals surface area contributed by atoms with Gasteiger partial charge in [-0.25, -0.2) is 0 Å². The normalized spacial score (nSPS) is 12.2. The highest BCUT2D eigenvalue weighted by atomic mass is 16.3. The monoisotopic (exact) mass is 213 g/mol. The van der Waals surface area contributed by atoms with E-state index in [9.17, 15) is 0 Å². The lowest BCUT2D eigenvalue weighted by atomic mass is 10.0. The summed E-state index contributed by atoms with van der Waals surface area (Å²) in [5.74, 6) is 0.924. The van der Waals surface area contributed by atoms with Gasteiger partial charge in [-0.1, -0.05) is 36.4 Å². The van der Waals surface area contributed by atoms with Gasteiger partial charge < -0.3 is 9.73 Å². The predicted molar refractivity (Wildman–Crippen MR) is 65.2 cm³/mol. The van der Waals surface area contributed by atoms with Crippen molar-refractivity contribution < 1.29 is 4.42 Å². The average Bonchev–Trinajstić information content (AvgIpc) is 2.85. The second kappa shape index (κ2) is 5.33. The Morgan fingerprint density at radius 1 is 1.19 bits per heavy atom. The lowest BCUT2D eigenvalue weighted by Gasteiger charge is -2.15. The maximum atomic E-state index is 5.45. The molecule has 2 nitrogen and oxygen atoms in total. The van der Waals surface area contributed by atoms with Crippen LogP contribution in [0.15, 0.2) is 65.8 Å². The molecule has 0 aliphatic rings. The van der Waals surface area contributed by atoms with Crippen molar-refractivity contribution in [3.63, 3.8) is 0 Å².